The van der Waals surface area contributed by atoms with Gasteiger partial charge in [-0.1, -0.05) is 11.8 Å². The van der Waals surface area contributed by atoms with E-state index in [4.69, 9.17) is 0 Å². The van der Waals surface area contributed by atoms with Crippen LogP contribution < -0.4 is 5.32 Å². The number of thioether (sulfide) groups is 1. The van der Waals surface area contributed by atoms with E-state index in [0.29, 0.717) is 17.3 Å². The van der Waals surface area contributed by atoms with E-state index in [1.54, 1.807) is 0 Å². The lowest BCUT2D eigenvalue weighted by Crippen LogP contribution is -2.23. The van der Waals surface area contributed by atoms with Gasteiger partial charge in [-0.3, -0.25) is 9.89 Å². The third-order valence-corrected chi connectivity index (χ3v) is 3.36. The summed E-state index contributed by atoms with van der Waals surface area (Å²) in [6, 6.07) is 0. The number of carbonyl (C=O) groups is 1. The highest BCUT2D eigenvalue weighted by Crippen LogP contribution is 2.10. The minimum absolute atomic E-state index is 0.187. The van der Waals surface area contributed by atoms with Crippen LogP contribution in [0.3, 0.4) is 0 Å². The van der Waals surface area contributed by atoms with Gasteiger partial charge < -0.3 is 5.32 Å². The Hall–Kier alpha value is -1.89. The molecule has 2 rings (SSSR count). The Morgan fingerprint density at radius 2 is 2.05 bits per heavy atom. The molecule has 6 nitrogen and oxygen atoms in total. The molecule has 2 N–H and O–H groups in total. The third kappa shape index (κ3) is 3.11. The Kier molecular flexibility index (Phi) is 4.16. The highest BCUT2D eigenvalue weighted by atomic mass is 32.2. The van der Waals surface area contributed by atoms with Crippen molar-refractivity contribution in [2.24, 2.45) is 0 Å². The molecular weight excluding hydrogens is 262 g/mol. The number of hydrogen-bond donors (Lipinski definition) is 2. The molecule has 0 unspecified atom stereocenters. The number of rotatable bonds is 4. The van der Waals surface area contributed by atoms with Crippen molar-refractivity contribution >= 4 is 17.7 Å². The lowest BCUT2D eigenvalue weighted by molar-refractivity contribution is 0.0950. The summed E-state index contributed by atoms with van der Waals surface area (Å²) >= 11 is 1.44. The molecule has 2 aromatic heterocycles. The standard InChI is InChI=1S/C12H15N5OS/c1-7-10(8(2)17-16-7)6-13-11(18)9-4-14-12(19-3)15-5-9/h4-5H,6H2,1-3H3,(H,13,18)(H,16,17). The zero-order valence-electron chi connectivity index (χ0n) is 11.0. The predicted octanol–water partition coefficient (Wildman–Crippen LogP) is 1.47. The van der Waals surface area contributed by atoms with Gasteiger partial charge >= 0.3 is 0 Å². The second kappa shape index (κ2) is 5.83. The summed E-state index contributed by atoms with van der Waals surface area (Å²) in [5, 5.41) is 10.5. The van der Waals surface area contributed by atoms with Crippen LogP contribution >= 0.6 is 11.8 Å². The number of nitrogens with one attached hydrogen (secondary N) is 2. The van der Waals surface area contributed by atoms with Gasteiger partial charge in [-0.2, -0.15) is 5.10 Å². The molecule has 2 aromatic rings. The number of H-pyrrole nitrogens is 1. The van der Waals surface area contributed by atoms with E-state index in [9.17, 15) is 4.79 Å². The monoisotopic (exact) mass is 277 g/mol. The molecule has 0 saturated heterocycles. The largest absolute Gasteiger partial charge is 0.348 e. The molecule has 0 atom stereocenters. The number of hydrogen-bond acceptors (Lipinski definition) is 5. The molecule has 100 valence electrons. The third-order valence-electron chi connectivity index (χ3n) is 2.78. The number of carbonyl (C=O) groups excluding carboxylic acids is 1. The van der Waals surface area contributed by atoms with Crippen LogP contribution in [-0.4, -0.2) is 32.3 Å². The minimum Gasteiger partial charge on any atom is -0.348 e. The van der Waals surface area contributed by atoms with E-state index in [1.165, 1.54) is 24.2 Å². The SMILES string of the molecule is CSc1ncc(C(=O)NCc2c(C)n[nH]c2C)cn1. The molecule has 0 aromatic carbocycles. The maximum atomic E-state index is 11.9. The number of aryl methyl sites for hydroxylation is 2. The molecule has 0 radical (unpaired) electrons. The van der Waals surface area contributed by atoms with E-state index in [1.807, 2.05) is 20.1 Å². The van der Waals surface area contributed by atoms with Crippen LogP contribution in [0.25, 0.3) is 0 Å². The van der Waals surface area contributed by atoms with Crippen molar-refractivity contribution in [2.75, 3.05) is 6.26 Å². The highest BCUT2D eigenvalue weighted by molar-refractivity contribution is 7.98. The summed E-state index contributed by atoms with van der Waals surface area (Å²) < 4.78 is 0. The molecule has 0 aliphatic heterocycles. The van der Waals surface area contributed by atoms with Crippen molar-refractivity contribution in [3.05, 3.63) is 34.9 Å². The average Bonchev–Trinajstić information content (AvgIpc) is 2.75. The van der Waals surface area contributed by atoms with Crippen LogP contribution in [-0.2, 0) is 6.54 Å². The second-order valence-corrected chi connectivity index (χ2v) is 4.83. The first-order chi connectivity index (χ1) is 9.11. The number of aromatic nitrogens is 4. The molecular formula is C12H15N5OS. The molecule has 2 heterocycles. The van der Waals surface area contributed by atoms with Crippen LogP contribution in [0.15, 0.2) is 17.6 Å². The summed E-state index contributed by atoms with van der Waals surface area (Å²) in [5.74, 6) is -0.187. The van der Waals surface area contributed by atoms with Gasteiger partial charge in [0.05, 0.1) is 11.3 Å². The van der Waals surface area contributed by atoms with Gasteiger partial charge in [0.2, 0.25) is 0 Å². The molecule has 0 aliphatic carbocycles. The van der Waals surface area contributed by atoms with Gasteiger partial charge in [-0.05, 0) is 20.1 Å². The van der Waals surface area contributed by atoms with E-state index in [2.05, 4.69) is 25.5 Å². The molecule has 19 heavy (non-hydrogen) atoms. The smallest absolute Gasteiger partial charge is 0.254 e. The normalized spacial score (nSPS) is 10.5. The topological polar surface area (TPSA) is 83.6 Å². The van der Waals surface area contributed by atoms with Gasteiger partial charge in [-0.15, -0.1) is 0 Å². The zero-order valence-corrected chi connectivity index (χ0v) is 11.8. The van der Waals surface area contributed by atoms with E-state index in [0.717, 1.165) is 17.0 Å². The van der Waals surface area contributed by atoms with Crippen molar-refractivity contribution in [1.29, 1.82) is 0 Å². The van der Waals surface area contributed by atoms with Gasteiger partial charge in [0.15, 0.2) is 5.16 Å². The molecule has 0 aliphatic rings. The first-order valence-electron chi connectivity index (χ1n) is 5.76. The number of amides is 1. The van der Waals surface area contributed by atoms with E-state index < -0.39 is 0 Å². The van der Waals surface area contributed by atoms with Crippen molar-refractivity contribution in [2.45, 2.75) is 25.5 Å². The molecule has 0 saturated carbocycles. The molecule has 1 amide bonds. The number of nitrogens with zero attached hydrogens (tertiary/aromatic N) is 3. The molecule has 0 fully saturated rings. The predicted molar refractivity (Wildman–Crippen MR) is 73.0 cm³/mol. The Balaban J connectivity index is 2.01. The highest BCUT2D eigenvalue weighted by Gasteiger charge is 2.10. The Labute approximate surface area is 115 Å². The summed E-state index contributed by atoms with van der Waals surface area (Å²) in [6.45, 7) is 4.27. The van der Waals surface area contributed by atoms with Crippen molar-refractivity contribution in [3.8, 4) is 0 Å². The van der Waals surface area contributed by atoms with Gasteiger partial charge in [0.25, 0.3) is 5.91 Å². The molecule has 0 spiro atoms. The average molecular weight is 277 g/mol. The fraction of sp³-hybridized carbons (Fsp3) is 0.333. The van der Waals surface area contributed by atoms with Crippen LogP contribution in [0.2, 0.25) is 0 Å². The Morgan fingerprint density at radius 1 is 1.37 bits per heavy atom. The van der Waals surface area contributed by atoms with Crippen molar-refractivity contribution in [1.82, 2.24) is 25.5 Å². The fourth-order valence-electron chi connectivity index (χ4n) is 1.64. The second-order valence-electron chi connectivity index (χ2n) is 4.05. The summed E-state index contributed by atoms with van der Waals surface area (Å²) in [4.78, 5) is 20.1. The lowest BCUT2D eigenvalue weighted by atomic mass is 10.2. The molecule has 7 heteroatoms. The maximum absolute atomic E-state index is 11.9. The Bertz CT molecular complexity index is 559. The van der Waals surface area contributed by atoms with Crippen molar-refractivity contribution in [3.63, 3.8) is 0 Å². The summed E-state index contributed by atoms with van der Waals surface area (Å²) in [5.41, 5.74) is 3.32. The van der Waals surface area contributed by atoms with Crippen LogP contribution in [0.1, 0.15) is 27.3 Å². The number of aromatic amines is 1. The maximum Gasteiger partial charge on any atom is 0.254 e. The van der Waals surface area contributed by atoms with Crippen LogP contribution in [0, 0.1) is 13.8 Å². The van der Waals surface area contributed by atoms with E-state index >= 15 is 0 Å². The van der Waals surface area contributed by atoms with E-state index in [-0.39, 0.29) is 5.91 Å². The Morgan fingerprint density at radius 3 is 2.58 bits per heavy atom. The molecule has 0 bridgehead atoms. The first-order valence-corrected chi connectivity index (χ1v) is 6.99. The quantitative estimate of drug-likeness (QED) is 0.653. The first kappa shape index (κ1) is 13.5. The van der Waals surface area contributed by atoms with Crippen LogP contribution in [0.5, 0.6) is 0 Å². The minimum atomic E-state index is -0.187. The fourth-order valence-corrected chi connectivity index (χ4v) is 1.96. The van der Waals surface area contributed by atoms with Gasteiger partial charge in [-0.25, -0.2) is 9.97 Å². The van der Waals surface area contributed by atoms with Crippen LogP contribution in [0.4, 0.5) is 0 Å². The summed E-state index contributed by atoms with van der Waals surface area (Å²) in [7, 11) is 0. The zero-order chi connectivity index (χ0) is 13.8. The van der Waals surface area contributed by atoms with Crippen molar-refractivity contribution < 1.29 is 4.79 Å². The summed E-state index contributed by atoms with van der Waals surface area (Å²) in [6.07, 6.45) is 4.95. The van der Waals surface area contributed by atoms with Gasteiger partial charge in [0.1, 0.15) is 0 Å². The lowest BCUT2D eigenvalue weighted by Gasteiger charge is -2.05. The van der Waals surface area contributed by atoms with Gasteiger partial charge in [0, 0.05) is 30.2 Å².